The number of nitrogens with zero attached hydrogens (tertiary/aromatic N) is 1. The second kappa shape index (κ2) is 6.10. The van der Waals surface area contributed by atoms with Crippen molar-refractivity contribution in [1.82, 2.24) is 5.32 Å². The zero-order valence-corrected chi connectivity index (χ0v) is 10.5. The third-order valence-corrected chi connectivity index (χ3v) is 2.95. The minimum atomic E-state index is -1.88. The molecule has 3 N–H and O–H groups in total. The van der Waals surface area contributed by atoms with Crippen molar-refractivity contribution in [2.45, 2.75) is 6.10 Å². The van der Waals surface area contributed by atoms with Gasteiger partial charge in [0.2, 0.25) is 0 Å². The van der Waals surface area contributed by atoms with E-state index in [1.807, 2.05) is 0 Å². The van der Waals surface area contributed by atoms with Gasteiger partial charge in [0, 0.05) is 30.8 Å². The van der Waals surface area contributed by atoms with E-state index in [1.54, 1.807) is 0 Å². The van der Waals surface area contributed by atoms with Crippen molar-refractivity contribution in [3.05, 3.63) is 33.9 Å². The van der Waals surface area contributed by atoms with Crippen LogP contribution in [0.25, 0.3) is 0 Å². The van der Waals surface area contributed by atoms with Crippen LogP contribution >= 0.6 is 0 Å². The number of rotatable bonds is 4. The van der Waals surface area contributed by atoms with Gasteiger partial charge in [0.15, 0.2) is 5.78 Å². The Morgan fingerprint density at radius 1 is 1.45 bits per heavy atom. The van der Waals surface area contributed by atoms with Gasteiger partial charge in [-0.05, 0) is 5.46 Å². The summed E-state index contributed by atoms with van der Waals surface area (Å²) in [5.41, 5.74) is -0.454. The van der Waals surface area contributed by atoms with Crippen LogP contribution < -0.4 is 10.8 Å². The number of morpholine rings is 1. The number of benzene rings is 1. The summed E-state index contributed by atoms with van der Waals surface area (Å²) >= 11 is 0. The molecule has 0 amide bonds. The van der Waals surface area contributed by atoms with Crippen LogP contribution in [0.4, 0.5) is 5.69 Å². The number of hydrogen-bond acceptors (Lipinski definition) is 7. The number of ketones is 1. The van der Waals surface area contributed by atoms with E-state index in [0.29, 0.717) is 19.7 Å². The number of nitro groups is 1. The molecule has 0 aromatic heterocycles. The van der Waals surface area contributed by atoms with E-state index in [0.717, 1.165) is 12.1 Å². The van der Waals surface area contributed by atoms with Gasteiger partial charge in [-0.3, -0.25) is 14.9 Å². The molecule has 106 valence electrons. The second-order valence-electron chi connectivity index (χ2n) is 4.37. The predicted molar refractivity (Wildman–Crippen MR) is 69.9 cm³/mol. The van der Waals surface area contributed by atoms with Crippen LogP contribution in [0.3, 0.4) is 0 Å². The summed E-state index contributed by atoms with van der Waals surface area (Å²) in [6, 6.07) is 3.34. The molecular weight excluding hydrogens is 267 g/mol. The first-order chi connectivity index (χ1) is 9.49. The maximum absolute atomic E-state index is 12.2. The minimum absolute atomic E-state index is 0.0241. The number of nitro benzene ring substituents is 1. The van der Waals surface area contributed by atoms with Gasteiger partial charge in [-0.1, -0.05) is 6.07 Å². The lowest BCUT2D eigenvalue weighted by molar-refractivity contribution is -0.384. The van der Waals surface area contributed by atoms with E-state index in [-0.39, 0.29) is 16.7 Å². The van der Waals surface area contributed by atoms with E-state index in [1.165, 1.54) is 6.07 Å². The van der Waals surface area contributed by atoms with Gasteiger partial charge in [0.25, 0.3) is 5.69 Å². The summed E-state index contributed by atoms with van der Waals surface area (Å²) < 4.78 is 5.29. The average molecular weight is 280 g/mol. The quantitative estimate of drug-likeness (QED) is 0.264. The van der Waals surface area contributed by atoms with Gasteiger partial charge in [-0.15, -0.1) is 0 Å². The average Bonchev–Trinajstić information content (AvgIpc) is 2.46. The largest absolute Gasteiger partial charge is 0.488 e. The topological polar surface area (TPSA) is 122 Å². The van der Waals surface area contributed by atoms with Gasteiger partial charge in [0.1, 0.15) is 6.10 Å². The van der Waals surface area contributed by atoms with E-state index in [4.69, 9.17) is 14.8 Å². The number of non-ortho nitro benzene ring substituents is 1. The number of hydrogen-bond donors (Lipinski definition) is 3. The highest BCUT2D eigenvalue weighted by Gasteiger charge is 2.26. The van der Waals surface area contributed by atoms with Crippen molar-refractivity contribution in [3.63, 3.8) is 0 Å². The van der Waals surface area contributed by atoms with Crippen molar-refractivity contribution in [2.24, 2.45) is 0 Å². The van der Waals surface area contributed by atoms with Crippen LogP contribution in [0.15, 0.2) is 18.2 Å². The minimum Gasteiger partial charge on any atom is -0.423 e. The Bertz CT molecular complexity index is 530. The molecule has 1 aliphatic heterocycles. The summed E-state index contributed by atoms with van der Waals surface area (Å²) in [6.45, 7) is 1.33. The summed E-state index contributed by atoms with van der Waals surface area (Å²) in [4.78, 5) is 22.3. The Balaban J connectivity index is 2.34. The zero-order chi connectivity index (χ0) is 14.7. The molecule has 9 heteroatoms. The SMILES string of the molecule is O=C(c1cc(B(O)O)cc([N+](=O)[O-])c1)[C@@H]1CNCCO1. The van der Waals surface area contributed by atoms with Crippen LogP contribution in [0, 0.1) is 10.1 Å². The number of carbonyl (C=O) groups excluding carboxylic acids is 1. The first-order valence-electron chi connectivity index (χ1n) is 6.01. The summed E-state index contributed by atoms with van der Waals surface area (Å²) in [5, 5.41) is 32.0. The lowest BCUT2D eigenvalue weighted by Crippen LogP contribution is -2.43. The number of ether oxygens (including phenoxy) is 1. The molecule has 0 unspecified atom stereocenters. The van der Waals surface area contributed by atoms with Crippen LogP contribution in [-0.2, 0) is 4.74 Å². The Labute approximate surface area is 114 Å². The molecule has 1 atom stereocenters. The normalized spacial score (nSPS) is 18.6. The van der Waals surface area contributed by atoms with Crippen molar-refractivity contribution >= 4 is 24.1 Å². The third kappa shape index (κ3) is 3.20. The number of Topliss-reactive ketones (excluding diaryl/α,β-unsaturated/α-hetero) is 1. The molecule has 1 fully saturated rings. The van der Waals surface area contributed by atoms with E-state index in [2.05, 4.69) is 5.32 Å². The van der Waals surface area contributed by atoms with Crippen molar-refractivity contribution in [1.29, 1.82) is 0 Å². The maximum atomic E-state index is 12.2. The summed E-state index contributed by atoms with van der Waals surface area (Å²) in [5.74, 6) is -0.428. The molecule has 8 nitrogen and oxygen atoms in total. The van der Waals surface area contributed by atoms with Gasteiger partial charge < -0.3 is 20.1 Å². The lowest BCUT2D eigenvalue weighted by atomic mass is 9.78. The Kier molecular flexibility index (Phi) is 4.45. The van der Waals surface area contributed by atoms with Gasteiger partial charge >= 0.3 is 7.12 Å². The molecule has 1 aliphatic rings. The molecule has 2 rings (SSSR count). The first-order valence-corrected chi connectivity index (χ1v) is 6.01. The van der Waals surface area contributed by atoms with Crippen LogP contribution in [-0.4, -0.2) is 53.7 Å². The van der Waals surface area contributed by atoms with Gasteiger partial charge in [-0.25, -0.2) is 0 Å². The highest BCUT2D eigenvalue weighted by Crippen LogP contribution is 2.15. The molecule has 1 aromatic carbocycles. The summed E-state index contributed by atoms with van der Waals surface area (Å²) in [6.07, 6.45) is -0.727. The van der Waals surface area contributed by atoms with Crippen LogP contribution in [0.2, 0.25) is 0 Å². The molecule has 0 radical (unpaired) electrons. The van der Waals surface area contributed by atoms with Crippen LogP contribution in [0.5, 0.6) is 0 Å². The van der Waals surface area contributed by atoms with Gasteiger partial charge in [0.05, 0.1) is 11.5 Å². The second-order valence-corrected chi connectivity index (χ2v) is 4.37. The molecule has 0 spiro atoms. The number of nitrogens with one attached hydrogen (secondary N) is 1. The van der Waals surface area contributed by atoms with Gasteiger partial charge in [-0.2, -0.15) is 0 Å². The molecule has 1 saturated heterocycles. The molecular formula is C11H13BN2O6. The fraction of sp³-hybridized carbons (Fsp3) is 0.364. The zero-order valence-electron chi connectivity index (χ0n) is 10.5. The molecule has 1 heterocycles. The molecule has 1 aromatic rings. The fourth-order valence-corrected chi connectivity index (χ4v) is 1.95. The van der Waals surface area contributed by atoms with Crippen LogP contribution in [0.1, 0.15) is 10.4 Å². The Morgan fingerprint density at radius 3 is 2.75 bits per heavy atom. The Morgan fingerprint density at radius 2 is 2.20 bits per heavy atom. The molecule has 0 aliphatic carbocycles. The van der Waals surface area contributed by atoms with E-state index < -0.39 is 23.9 Å². The van der Waals surface area contributed by atoms with E-state index in [9.17, 15) is 14.9 Å². The highest BCUT2D eigenvalue weighted by molar-refractivity contribution is 6.58. The first kappa shape index (κ1) is 14.6. The van der Waals surface area contributed by atoms with E-state index >= 15 is 0 Å². The van der Waals surface area contributed by atoms with Crippen molar-refractivity contribution in [2.75, 3.05) is 19.7 Å². The fourth-order valence-electron chi connectivity index (χ4n) is 1.95. The maximum Gasteiger partial charge on any atom is 0.488 e. The smallest absolute Gasteiger partial charge is 0.423 e. The predicted octanol–water partition coefficient (Wildman–Crippen LogP) is -1.55. The lowest BCUT2D eigenvalue weighted by Gasteiger charge is -2.22. The molecule has 0 saturated carbocycles. The highest BCUT2D eigenvalue weighted by atomic mass is 16.6. The molecule has 0 bridgehead atoms. The Hall–Kier alpha value is -1.81. The summed E-state index contributed by atoms with van der Waals surface area (Å²) in [7, 11) is -1.88. The van der Waals surface area contributed by atoms with Crippen molar-refractivity contribution < 1.29 is 24.5 Å². The standard InChI is InChI=1S/C11H13BN2O6/c15-11(10-6-13-1-2-20-10)7-3-8(12(16)17)5-9(4-7)14(18)19/h3-5,10,13,16-17H,1-2,6H2/t10-/m0/s1. The number of carbonyl (C=O) groups is 1. The van der Waals surface area contributed by atoms with Crippen molar-refractivity contribution in [3.8, 4) is 0 Å². The third-order valence-electron chi connectivity index (χ3n) is 2.95. The molecule has 20 heavy (non-hydrogen) atoms. The monoisotopic (exact) mass is 280 g/mol.